The summed E-state index contributed by atoms with van der Waals surface area (Å²) in [6, 6.07) is 9.52. The molecule has 3 nitrogen and oxygen atoms in total. The fourth-order valence-corrected chi connectivity index (χ4v) is 2.39. The summed E-state index contributed by atoms with van der Waals surface area (Å²) in [6.07, 6.45) is 3.70. The molecule has 0 saturated carbocycles. The number of nitrogens with two attached hydrogens (primary N) is 1. The summed E-state index contributed by atoms with van der Waals surface area (Å²) in [4.78, 5) is 4.24. The topological polar surface area (TPSA) is 43.8 Å². The van der Waals surface area contributed by atoms with E-state index in [1.165, 1.54) is 6.07 Å². The molecule has 0 atom stereocenters. The summed E-state index contributed by atoms with van der Waals surface area (Å²) in [6.45, 7) is 0.0606. The van der Waals surface area contributed by atoms with Crippen LogP contribution in [0.5, 0.6) is 0 Å². The maximum absolute atomic E-state index is 13.8. The first-order chi connectivity index (χ1) is 11.1. The van der Waals surface area contributed by atoms with Crippen LogP contribution in [0.3, 0.4) is 0 Å². The van der Waals surface area contributed by atoms with Crippen LogP contribution in [0.1, 0.15) is 17.0 Å². The Morgan fingerprint density at radius 1 is 0.957 bits per heavy atom. The SMILES string of the molecule is Nc1ccccc1Cc1nccn1Cc1ccc(F)c(F)c1F. The number of para-hydroxylation sites is 1. The van der Waals surface area contributed by atoms with Crippen LogP contribution in [0.15, 0.2) is 48.8 Å². The highest BCUT2D eigenvalue weighted by Crippen LogP contribution is 2.19. The van der Waals surface area contributed by atoms with Gasteiger partial charge in [0.2, 0.25) is 0 Å². The smallest absolute Gasteiger partial charge is 0.194 e. The van der Waals surface area contributed by atoms with Crippen LogP contribution in [-0.4, -0.2) is 9.55 Å². The summed E-state index contributed by atoms with van der Waals surface area (Å²) >= 11 is 0. The zero-order valence-electron chi connectivity index (χ0n) is 12.1. The van der Waals surface area contributed by atoms with Gasteiger partial charge in [0, 0.05) is 30.1 Å². The maximum atomic E-state index is 13.8. The van der Waals surface area contributed by atoms with Crippen LogP contribution in [0.2, 0.25) is 0 Å². The number of benzene rings is 2. The quantitative estimate of drug-likeness (QED) is 0.591. The van der Waals surface area contributed by atoms with E-state index in [4.69, 9.17) is 5.73 Å². The average Bonchev–Trinajstić information content (AvgIpc) is 2.97. The molecule has 0 aliphatic rings. The summed E-state index contributed by atoms with van der Waals surface area (Å²) in [5.74, 6) is -3.18. The van der Waals surface area contributed by atoms with E-state index in [1.54, 1.807) is 23.0 Å². The molecule has 2 aromatic carbocycles. The Hall–Kier alpha value is -2.76. The first kappa shape index (κ1) is 15.1. The molecule has 0 amide bonds. The summed E-state index contributed by atoms with van der Waals surface area (Å²) in [5, 5.41) is 0. The highest BCUT2D eigenvalue weighted by atomic mass is 19.2. The van der Waals surface area contributed by atoms with E-state index in [1.807, 2.05) is 18.2 Å². The second-order valence-electron chi connectivity index (χ2n) is 5.18. The molecule has 0 fully saturated rings. The molecule has 3 aromatic rings. The number of imidazole rings is 1. The highest BCUT2D eigenvalue weighted by Gasteiger charge is 2.15. The normalized spacial score (nSPS) is 10.9. The van der Waals surface area contributed by atoms with Gasteiger partial charge in [-0.2, -0.15) is 0 Å². The Morgan fingerprint density at radius 3 is 2.52 bits per heavy atom. The monoisotopic (exact) mass is 317 g/mol. The van der Waals surface area contributed by atoms with Gasteiger partial charge in [-0.3, -0.25) is 0 Å². The predicted octanol–water partition coefficient (Wildman–Crippen LogP) is 3.52. The van der Waals surface area contributed by atoms with Gasteiger partial charge in [-0.25, -0.2) is 18.2 Å². The molecule has 0 spiro atoms. The average molecular weight is 317 g/mol. The molecule has 0 bridgehead atoms. The summed E-state index contributed by atoms with van der Waals surface area (Å²) < 4.78 is 41.8. The minimum absolute atomic E-state index is 0.0594. The van der Waals surface area contributed by atoms with Crippen molar-refractivity contribution in [3.8, 4) is 0 Å². The molecule has 1 heterocycles. The van der Waals surface area contributed by atoms with Gasteiger partial charge < -0.3 is 10.3 Å². The lowest BCUT2D eigenvalue weighted by atomic mass is 10.1. The maximum Gasteiger partial charge on any atom is 0.194 e. The number of nitrogen functional groups attached to an aromatic ring is 1. The first-order valence-electron chi connectivity index (χ1n) is 7.02. The predicted molar refractivity (Wildman–Crippen MR) is 81.3 cm³/mol. The molecule has 118 valence electrons. The summed E-state index contributed by atoms with van der Waals surface area (Å²) in [7, 11) is 0. The van der Waals surface area contributed by atoms with Gasteiger partial charge in [0.1, 0.15) is 5.82 Å². The van der Waals surface area contributed by atoms with Gasteiger partial charge in [0.05, 0.1) is 6.54 Å². The minimum atomic E-state index is -1.46. The van der Waals surface area contributed by atoms with Crippen molar-refractivity contribution < 1.29 is 13.2 Å². The second kappa shape index (κ2) is 6.16. The van der Waals surface area contributed by atoms with Crippen LogP contribution in [0, 0.1) is 17.5 Å². The van der Waals surface area contributed by atoms with Crippen molar-refractivity contribution >= 4 is 5.69 Å². The van der Waals surface area contributed by atoms with Gasteiger partial charge >= 0.3 is 0 Å². The highest BCUT2D eigenvalue weighted by molar-refractivity contribution is 5.47. The lowest BCUT2D eigenvalue weighted by Crippen LogP contribution is -2.09. The fraction of sp³-hybridized carbons (Fsp3) is 0.118. The molecule has 0 unspecified atom stereocenters. The van der Waals surface area contributed by atoms with E-state index in [-0.39, 0.29) is 12.1 Å². The third-order valence-corrected chi connectivity index (χ3v) is 3.66. The Balaban J connectivity index is 1.88. The molecule has 23 heavy (non-hydrogen) atoms. The van der Waals surface area contributed by atoms with Gasteiger partial charge in [-0.1, -0.05) is 24.3 Å². The van der Waals surface area contributed by atoms with Crippen LogP contribution >= 0.6 is 0 Å². The molecular formula is C17H14F3N3. The number of rotatable bonds is 4. The third kappa shape index (κ3) is 3.06. The Kier molecular flexibility index (Phi) is 4.06. The van der Waals surface area contributed by atoms with E-state index < -0.39 is 17.5 Å². The second-order valence-corrected chi connectivity index (χ2v) is 5.18. The Labute approximate surface area is 131 Å². The molecule has 6 heteroatoms. The number of hydrogen-bond donors (Lipinski definition) is 1. The summed E-state index contributed by atoms with van der Waals surface area (Å²) in [5.41, 5.74) is 7.51. The van der Waals surface area contributed by atoms with Crippen LogP contribution < -0.4 is 5.73 Å². The lowest BCUT2D eigenvalue weighted by Gasteiger charge is -2.10. The van der Waals surface area contributed by atoms with E-state index in [0.717, 1.165) is 11.6 Å². The minimum Gasteiger partial charge on any atom is -0.398 e. The van der Waals surface area contributed by atoms with E-state index >= 15 is 0 Å². The molecule has 2 N–H and O–H groups in total. The first-order valence-corrected chi connectivity index (χ1v) is 7.02. The van der Waals surface area contributed by atoms with Crippen molar-refractivity contribution in [2.75, 3.05) is 5.73 Å². The Morgan fingerprint density at radius 2 is 1.74 bits per heavy atom. The van der Waals surface area contributed by atoms with Crippen LogP contribution in [-0.2, 0) is 13.0 Å². The number of hydrogen-bond acceptors (Lipinski definition) is 2. The van der Waals surface area contributed by atoms with Crippen molar-refractivity contribution in [1.82, 2.24) is 9.55 Å². The van der Waals surface area contributed by atoms with E-state index in [2.05, 4.69) is 4.98 Å². The number of nitrogens with zero attached hydrogens (tertiary/aromatic N) is 2. The van der Waals surface area contributed by atoms with Gasteiger partial charge in [0.15, 0.2) is 17.5 Å². The zero-order chi connectivity index (χ0) is 16.4. The van der Waals surface area contributed by atoms with E-state index in [9.17, 15) is 13.2 Å². The van der Waals surface area contributed by atoms with Gasteiger partial charge in [-0.05, 0) is 17.7 Å². The number of aromatic nitrogens is 2. The standard InChI is InChI=1S/C17H14F3N3/c18-13-6-5-12(16(19)17(13)20)10-23-8-7-22-15(23)9-11-3-1-2-4-14(11)21/h1-8H,9-10,21H2. The third-order valence-electron chi connectivity index (χ3n) is 3.66. The molecule has 0 aliphatic heterocycles. The van der Waals surface area contributed by atoms with Gasteiger partial charge in [0.25, 0.3) is 0 Å². The van der Waals surface area contributed by atoms with Crippen molar-refractivity contribution in [3.63, 3.8) is 0 Å². The molecule has 0 saturated heterocycles. The molecule has 0 aliphatic carbocycles. The number of anilines is 1. The molecule has 1 aromatic heterocycles. The van der Waals surface area contributed by atoms with Gasteiger partial charge in [-0.15, -0.1) is 0 Å². The largest absolute Gasteiger partial charge is 0.398 e. The van der Waals surface area contributed by atoms with Crippen molar-refractivity contribution in [2.24, 2.45) is 0 Å². The van der Waals surface area contributed by atoms with E-state index in [0.29, 0.717) is 17.9 Å². The Bertz CT molecular complexity index is 843. The fourth-order valence-electron chi connectivity index (χ4n) is 2.39. The lowest BCUT2D eigenvalue weighted by molar-refractivity contribution is 0.439. The zero-order valence-corrected chi connectivity index (χ0v) is 12.1. The molecule has 3 rings (SSSR count). The van der Waals surface area contributed by atoms with Crippen LogP contribution in [0.4, 0.5) is 18.9 Å². The number of halogens is 3. The molecule has 0 radical (unpaired) electrons. The van der Waals surface area contributed by atoms with Crippen molar-refractivity contribution in [2.45, 2.75) is 13.0 Å². The van der Waals surface area contributed by atoms with Crippen molar-refractivity contribution in [3.05, 3.63) is 83.2 Å². The van der Waals surface area contributed by atoms with Crippen molar-refractivity contribution in [1.29, 1.82) is 0 Å². The van der Waals surface area contributed by atoms with Crippen LogP contribution in [0.25, 0.3) is 0 Å². The molecular weight excluding hydrogens is 303 g/mol.